The van der Waals surface area contributed by atoms with E-state index in [1.165, 1.54) is 0 Å². The zero-order valence-corrected chi connectivity index (χ0v) is 3.03. The van der Waals surface area contributed by atoms with E-state index in [1.807, 2.05) is 0 Å². The van der Waals surface area contributed by atoms with Crippen LogP contribution in [0.5, 0.6) is 0 Å². The van der Waals surface area contributed by atoms with Gasteiger partial charge in [-0.15, -0.1) is 4.91 Å². The molecule has 40 valence electrons. The van der Waals surface area contributed by atoms with Crippen molar-refractivity contribution in [2.75, 3.05) is 0 Å². The van der Waals surface area contributed by atoms with Gasteiger partial charge in [0.1, 0.15) is 0 Å². The van der Waals surface area contributed by atoms with Crippen LogP contribution < -0.4 is 0 Å². The average molecular weight is 107 g/mol. The molecule has 0 aliphatic carbocycles. The van der Waals surface area contributed by atoms with Crippen molar-refractivity contribution < 1.29 is 19.8 Å². The predicted molar refractivity (Wildman–Crippen MR) is 16.0 cm³/mol. The minimum absolute atomic E-state index is 1.55. The molecule has 0 aliphatic rings. The van der Waals surface area contributed by atoms with Crippen LogP contribution in [0.3, 0.4) is 0 Å². The average Bonchev–Trinajstić information content (AvgIpc) is 1.68. The van der Waals surface area contributed by atoms with Gasteiger partial charge in [0, 0.05) is 0 Å². The first-order valence-electron chi connectivity index (χ1n) is 1.16. The lowest BCUT2D eigenvalue weighted by Gasteiger charge is -1.82. The van der Waals surface area contributed by atoms with E-state index in [1.54, 1.807) is 5.34 Å². The molecular formula is CHNO5. The molecule has 6 heteroatoms. The summed E-state index contributed by atoms with van der Waals surface area (Å²) < 4.78 is 0. The molecule has 0 saturated heterocycles. The lowest BCUT2D eigenvalue weighted by Crippen LogP contribution is -1.97. The molecule has 0 atom stereocenters. The maximum Gasteiger partial charge on any atom is 0.569 e. The number of hydrogen-bond donors (Lipinski definition) is 1. The molecule has 0 aromatic heterocycles. The van der Waals surface area contributed by atoms with Gasteiger partial charge in [0.05, 0.1) is 0 Å². The fourth-order valence-electron chi connectivity index (χ4n) is 0.0471. The number of rotatable bonds is 1. The summed E-state index contributed by atoms with van der Waals surface area (Å²) in [4.78, 5) is 24.3. The molecule has 0 amide bonds. The third kappa shape index (κ3) is 2.64. The van der Waals surface area contributed by atoms with Crippen molar-refractivity contribution in [2.45, 2.75) is 0 Å². The largest absolute Gasteiger partial charge is 0.569 e. The molecule has 1 N–H and O–H groups in total. The summed E-state index contributed by atoms with van der Waals surface area (Å²) in [6.07, 6.45) is -1.55. The van der Waals surface area contributed by atoms with Crippen molar-refractivity contribution in [1.82, 2.24) is 0 Å². The number of hydrogen-bond acceptors (Lipinski definition) is 6. The van der Waals surface area contributed by atoms with Crippen LogP contribution in [0.2, 0.25) is 0 Å². The number of carbonyl (C=O) groups is 1. The Morgan fingerprint density at radius 3 is 2.43 bits per heavy atom. The molecule has 0 rings (SSSR count). The normalized spacial score (nSPS) is 7.00. The van der Waals surface area contributed by atoms with Crippen LogP contribution in [0.25, 0.3) is 0 Å². The van der Waals surface area contributed by atoms with E-state index in [4.69, 9.17) is 10.2 Å². The lowest BCUT2D eigenvalue weighted by atomic mass is 11.4. The highest BCUT2D eigenvalue weighted by molar-refractivity contribution is 5.58. The minimum atomic E-state index is -1.55. The maximum atomic E-state index is 9.42. The van der Waals surface area contributed by atoms with Crippen molar-refractivity contribution in [2.24, 2.45) is 5.34 Å². The second-order valence-corrected chi connectivity index (χ2v) is 0.507. The summed E-state index contributed by atoms with van der Waals surface area (Å²) in [6, 6.07) is 0. The number of nitrogens with zero attached hydrogens (tertiary/aromatic N) is 1. The zero-order valence-electron chi connectivity index (χ0n) is 3.03. The molecule has 0 bridgehead atoms. The Morgan fingerprint density at radius 2 is 2.29 bits per heavy atom. The van der Waals surface area contributed by atoms with E-state index in [0.717, 1.165) is 0 Å². The summed E-state index contributed by atoms with van der Waals surface area (Å²) in [6.45, 7) is 0. The van der Waals surface area contributed by atoms with Gasteiger partial charge in [-0.2, -0.15) is 10.1 Å². The molecule has 0 unspecified atom stereocenters. The van der Waals surface area contributed by atoms with Crippen molar-refractivity contribution in [3.8, 4) is 0 Å². The SMILES string of the molecule is O=NOC(=O)OO. The summed E-state index contributed by atoms with van der Waals surface area (Å²) >= 11 is 0. The third-order valence-corrected chi connectivity index (χ3v) is 0.186. The zero-order chi connectivity index (χ0) is 5.70. The second kappa shape index (κ2) is 3.04. The highest BCUT2D eigenvalue weighted by atomic mass is 17.2. The standard InChI is InChI=1S/CHNO5/c3-1(7-5)6-2-4/h5H. The Labute approximate surface area is 37.5 Å². The molecule has 0 saturated carbocycles. The topological polar surface area (TPSA) is 85.2 Å². The molecule has 0 spiro atoms. The van der Waals surface area contributed by atoms with Gasteiger partial charge in [0.15, 0.2) is 5.34 Å². The first kappa shape index (κ1) is 5.83. The molecular weight excluding hydrogens is 106 g/mol. The molecule has 6 nitrogen and oxygen atoms in total. The third-order valence-electron chi connectivity index (χ3n) is 0.186. The van der Waals surface area contributed by atoms with E-state index in [9.17, 15) is 4.79 Å². The van der Waals surface area contributed by atoms with E-state index in [-0.39, 0.29) is 0 Å². The van der Waals surface area contributed by atoms with E-state index in [0.29, 0.717) is 0 Å². The summed E-state index contributed by atoms with van der Waals surface area (Å²) in [5.74, 6) is 0. The van der Waals surface area contributed by atoms with Crippen LogP contribution in [0.4, 0.5) is 4.79 Å². The summed E-state index contributed by atoms with van der Waals surface area (Å²) in [7, 11) is 0. The van der Waals surface area contributed by atoms with Crippen LogP contribution >= 0.6 is 0 Å². The molecule has 0 heterocycles. The van der Waals surface area contributed by atoms with Gasteiger partial charge in [-0.1, -0.05) is 0 Å². The smallest absolute Gasteiger partial charge is 0.260 e. The summed E-state index contributed by atoms with van der Waals surface area (Å²) in [5.41, 5.74) is 0. The molecule has 0 radical (unpaired) electrons. The molecule has 0 aliphatic heterocycles. The van der Waals surface area contributed by atoms with E-state index >= 15 is 0 Å². The Balaban J connectivity index is 3.17. The van der Waals surface area contributed by atoms with E-state index < -0.39 is 6.16 Å². The van der Waals surface area contributed by atoms with Crippen LogP contribution in [-0.4, -0.2) is 11.4 Å². The van der Waals surface area contributed by atoms with Gasteiger partial charge in [0.2, 0.25) is 0 Å². The molecule has 7 heavy (non-hydrogen) atoms. The van der Waals surface area contributed by atoms with Crippen molar-refractivity contribution in [3.05, 3.63) is 4.91 Å². The Bertz CT molecular complexity index is 78.1. The summed E-state index contributed by atoms with van der Waals surface area (Å²) in [5, 5.41) is 8.91. The van der Waals surface area contributed by atoms with Crippen molar-refractivity contribution in [3.63, 3.8) is 0 Å². The minimum Gasteiger partial charge on any atom is -0.260 e. The fraction of sp³-hybridized carbons (Fsp3) is 0. The van der Waals surface area contributed by atoms with Crippen molar-refractivity contribution >= 4 is 6.16 Å². The molecule has 0 aromatic rings. The fourth-order valence-corrected chi connectivity index (χ4v) is 0.0471. The van der Waals surface area contributed by atoms with Gasteiger partial charge in [-0.05, 0) is 0 Å². The van der Waals surface area contributed by atoms with Gasteiger partial charge < -0.3 is 0 Å². The van der Waals surface area contributed by atoms with Crippen LogP contribution in [0.15, 0.2) is 5.34 Å². The van der Waals surface area contributed by atoms with Gasteiger partial charge >= 0.3 is 6.16 Å². The highest BCUT2D eigenvalue weighted by Crippen LogP contribution is 1.78. The van der Waals surface area contributed by atoms with Crippen molar-refractivity contribution in [1.29, 1.82) is 0 Å². The predicted octanol–water partition coefficient (Wildman–Crippen LogP) is 0.294. The van der Waals surface area contributed by atoms with Gasteiger partial charge in [-0.25, -0.2) is 4.84 Å². The van der Waals surface area contributed by atoms with Crippen LogP contribution in [0.1, 0.15) is 0 Å². The molecule has 0 fully saturated rings. The first-order valence-corrected chi connectivity index (χ1v) is 1.16. The van der Waals surface area contributed by atoms with Gasteiger partial charge in [0.25, 0.3) is 0 Å². The monoisotopic (exact) mass is 107 g/mol. The Hall–Kier alpha value is -1.17. The van der Waals surface area contributed by atoms with Crippen LogP contribution in [-0.2, 0) is 9.73 Å². The van der Waals surface area contributed by atoms with Gasteiger partial charge in [-0.3, -0.25) is 4.89 Å². The van der Waals surface area contributed by atoms with E-state index in [2.05, 4.69) is 9.73 Å². The Kier molecular flexibility index (Phi) is 2.53. The lowest BCUT2D eigenvalue weighted by molar-refractivity contribution is -0.200. The maximum absolute atomic E-state index is 9.42. The first-order chi connectivity index (χ1) is 3.31. The highest BCUT2D eigenvalue weighted by Gasteiger charge is 1.99. The van der Waals surface area contributed by atoms with Crippen LogP contribution in [0, 0.1) is 4.91 Å². The second-order valence-electron chi connectivity index (χ2n) is 0.507. The molecule has 0 aromatic carbocycles. The Morgan fingerprint density at radius 1 is 1.71 bits per heavy atom. The number of carbonyl (C=O) groups excluding carboxylic acids is 1. The quantitative estimate of drug-likeness (QED) is 0.295.